The topological polar surface area (TPSA) is 53.9 Å². The lowest BCUT2D eigenvalue weighted by Crippen LogP contribution is -2.39. The third-order valence-corrected chi connectivity index (χ3v) is 4.80. The number of rotatable bonds is 2. The fraction of sp³-hybridized carbons (Fsp3) is 0.333. The number of benzene rings is 1. The molecular weight excluding hydrogens is 288 g/mol. The van der Waals surface area contributed by atoms with Gasteiger partial charge in [-0.15, -0.1) is 0 Å². The average Bonchev–Trinajstić information content (AvgIpc) is 3.23. The molecule has 0 aliphatic carbocycles. The van der Waals surface area contributed by atoms with E-state index in [4.69, 9.17) is 0 Å². The average molecular weight is 308 g/mol. The molecule has 1 N–H and O–H groups in total. The van der Waals surface area contributed by atoms with Crippen molar-refractivity contribution in [1.29, 1.82) is 0 Å². The zero-order valence-electron chi connectivity index (χ0n) is 13.2. The van der Waals surface area contributed by atoms with Gasteiger partial charge in [0.15, 0.2) is 0 Å². The van der Waals surface area contributed by atoms with Gasteiger partial charge < -0.3 is 9.47 Å². The minimum atomic E-state index is 0.131. The molecule has 5 nitrogen and oxygen atoms in total. The monoisotopic (exact) mass is 308 g/mol. The highest BCUT2D eigenvalue weighted by Gasteiger charge is 2.27. The van der Waals surface area contributed by atoms with Gasteiger partial charge in [-0.1, -0.05) is 18.2 Å². The van der Waals surface area contributed by atoms with Crippen LogP contribution < -0.4 is 0 Å². The summed E-state index contributed by atoms with van der Waals surface area (Å²) in [7, 11) is 1.99. The van der Waals surface area contributed by atoms with Crippen LogP contribution in [-0.4, -0.2) is 38.7 Å². The summed E-state index contributed by atoms with van der Waals surface area (Å²) in [5.41, 5.74) is 3.02. The Hall–Kier alpha value is -2.56. The minimum Gasteiger partial charge on any atom is -0.350 e. The van der Waals surface area contributed by atoms with E-state index in [0.717, 1.165) is 48.1 Å². The van der Waals surface area contributed by atoms with E-state index in [1.807, 2.05) is 47.0 Å². The van der Waals surface area contributed by atoms with Gasteiger partial charge in [0.1, 0.15) is 0 Å². The number of fused-ring (bicyclic) bond motifs is 1. The van der Waals surface area contributed by atoms with Crippen LogP contribution in [0.2, 0.25) is 0 Å². The number of nitrogens with one attached hydrogen (secondary N) is 1. The Bertz CT molecular complexity index is 834. The van der Waals surface area contributed by atoms with Crippen molar-refractivity contribution in [3.8, 4) is 0 Å². The number of nitrogens with zero attached hydrogens (tertiary/aromatic N) is 3. The van der Waals surface area contributed by atoms with Gasteiger partial charge in [0.25, 0.3) is 5.91 Å². The molecule has 1 saturated heterocycles. The summed E-state index contributed by atoms with van der Waals surface area (Å²) in [6, 6.07) is 10.1. The molecule has 1 aliphatic rings. The summed E-state index contributed by atoms with van der Waals surface area (Å²) in [6.45, 7) is 1.58. The number of amides is 1. The number of carbonyl (C=O) groups is 1. The quantitative estimate of drug-likeness (QED) is 0.791. The second kappa shape index (κ2) is 5.57. The van der Waals surface area contributed by atoms with Crippen molar-refractivity contribution in [1.82, 2.24) is 19.7 Å². The lowest BCUT2D eigenvalue weighted by molar-refractivity contribution is 0.0707. The summed E-state index contributed by atoms with van der Waals surface area (Å²) in [4.78, 5) is 15.0. The number of piperidine rings is 1. The van der Waals surface area contributed by atoms with Gasteiger partial charge in [0.2, 0.25) is 0 Å². The Labute approximate surface area is 134 Å². The van der Waals surface area contributed by atoms with E-state index >= 15 is 0 Å². The van der Waals surface area contributed by atoms with Crippen LogP contribution >= 0.6 is 0 Å². The number of H-pyrrole nitrogens is 1. The zero-order chi connectivity index (χ0) is 15.8. The van der Waals surface area contributed by atoms with Crippen LogP contribution in [0.25, 0.3) is 10.9 Å². The van der Waals surface area contributed by atoms with E-state index in [1.54, 1.807) is 6.20 Å². The predicted octanol–water partition coefficient (Wildman–Crippen LogP) is 2.92. The number of aromatic nitrogens is 3. The molecule has 1 aromatic carbocycles. The van der Waals surface area contributed by atoms with Gasteiger partial charge in [-0.3, -0.25) is 9.89 Å². The first-order chi connectivity index (χ1) is 11.2. The van der Waals surface area contributed by atoms with Crippen LogP contribution in [0.3, 0.4) is 0 Å². The van der Waals surface area contributed by atoms with Crippen molar-refractivity contribution in [2.75, 3.05) is 13.1 Å². The Morgan fingerprint density at radius 1 is 1.30 bits per heavy atom. The highest BCUT2D eigenvalue weighted by atomic mass is 16.2. The van der Waals surface area contributed by atoms with Crippen molar-refractivity contribution in [2.45, 2.75) is 18.8 Å². The van der Waals surface area contributed by atoms with Gasteiger partial charge in [0.05, 0.1) is 5.56 Å². The lowest BCUT2D eigenvalue weighted by atomic mass is 9.94. The normalized spacial score (nSPS) is 18.5. The third kappa shape index (κ3) is 2.42. The first-order valence-corrected chi connectivity index (χ1v) is 8.06. The number of hydrogen-bond donors (Lipinski definition) is 1. The summed E-state index contributed by atoms with van der Waals surface area (Å²) in [5.74, 6) is 0.483. The van der Waals surface area contributed by atoms with Crippen molar-refractivity contribution >= 4 is 16.8 Å². The molecule has 3 heterocycles. The van der Waals surface area contributed by atoms with Gasteiger partial charge >= 0.3 is 0 Å². The van der Waals surface area contributed by atoms with Crippen LogP contribution in [0, 0.1) is 0 Å². The molecule has 0 saturated carbocycles. The summed E-state index contributed by atoms with van der Waals surface area (Å²) in [5, 5.41) is 8.12. The molecule has 1 fully saturated rings. The smallest absolute Gasteiger partial charge is 0.256 e. The Morgan fingerprint density at radius 3 is 3.00 bits per heavy atom. The number of likely N-dealkylation sites (tertiary alicyclic amines) is 1. The maximum atomic E-state index is 13.0. The van der Waals surface area contributed by atoms with Crippen LogP contribution in [0.1, 0.15) is 34.8 Å². The molecule has 23 heavy (non-hydrogen) atoms. The van der Waals surface area contributed by atoms with Gasteiger partial charge in [-0.05, 0) is 25.0 Å². The van der Waals surface area contributed by atoms with Gasteiger partial charge in [0, 0.05) is 55.0 Å². The molecule has 5 heteroatoms. The highest BCUT2D eigenvalue weighted by molar-refractivity contribution is 6.07. The van der Waals surface area contributed by atoms with E-state index in [0.29, 0.717) is 5.92 Å². The summed E-state index contributed by atoms with van der Waals surface area (Å²) < 4.78 is 2.03. The fourth-order valence-electron chi connectivity index (χ4n) is 3.59. The minimum absolute atomic E-state index is 0.131. The molecule has 1 unspecified atom stereocenters. The Kier molecular flexibility index (Phi) is 3.41. The second-order valence-electron chi connectivity index (χ2n) is 6.27. The second-order valence-corrected chi connectivity index (χ2v) is 6.27. The van der Waals surface area contributed by atoms with Gasteiger partial charge in [-0.2, -0.15) is 5.10 Å². The van der Waals surface area contributed by atoms with E-state index in [-0.39, 0.29) is 5.91 Å². The zero-order valence-corrected chi connectivity index (χ0v) is 13.2. The lowest BCUT2D eigenvalue weighted by Gasteiger charge is -2.32. The molecule has 2 aromatic heterocycles. The maximum absolute atomic E-state index is 13.0. The molecule has 1 atom stereocenters. The number of hydrogen-bond acceptors (Lipinski definition) is 2. The Balaban J connectivity index is 1.63. The van der Waals surface area contributed by atoms with Crippen molar-refractivity contribution < 1.29 is 4.79 Å². The number of aryl methyl sites for hydroxylation is 1. The van der Waals surface area contributed by atoms with Crippen molar-refractivity contribution in [3.63, 3.8) is 0 Å². The Morgan fingerprint density at radius 2 is 2.17 bits per heavy atom. The number of para-hydroxylation sites is 1. The van der Waals surface area contributed by atoms with Crippen LogP contribution in [0.5, 0.6) is 0 Å². The predicted molar refractivity (Wildman–Crippen MR) is 89.4 cm³/mol. The van der Waals surface area contributed by atoms with E-state index < -0.39 is 0 Å². The molecule has 1 amide bonds. The van der Waals surface area contributed by atoms with Crippen molar-refractivity contribution in [2.24, 2.45) is 7.05 Å². The molecule has 118 valence electrons. The third-order valence-electron chi connectivity index (χ3n) is 4.80. The first-order valence-electron chi connectivity index (χ1n) is 8.06. The molecule has 0 bridgehead atoms. The molecular formula is C18H20N4O. The highest BCUT2D eigenvalue weighted by Crippen LogP contribution is 2.28. The number of carbonyl (C=O) groups excluding carboxylic acids is 1. The molecule has 4 rings (SSSR count). The van der Waals surface area contributed by atoms with Crippen LogP contribution in [0.15, 0.2) is 42.7 Å². The molecule has 0 radical (unpaired) electrons. The molecule has 1 aliphatic heterocycles. The van der Waals surface area contributed by atoms with E-state index in [1.165, 1.54) is 0 Å². The number of aromatic amines is 1. The maximum Gasteiger partial charge on any atom is 0.256 e. The largest absolute Gasteiger partial charge is 0.350 e. The van der Waals surface area contributed by atoms with E-state index in [2.05, 4.69) is 16.3 Å². The summed E-state index contributed by atoms with van der Waals surface area (Å²) >= 11 is 0. The van der Waals surface area contributed by atoms with Crippen LogP contribution in [-0.2, 0) is 7.05 Å². The molecule has 3 aromatic rings. The standard InChI is InChI=1S/C18H20N4O/c1-21-12-15(14-6-2-3-7-17(14)21)18(23)22-10-4-5-13(11-22)16-8-9-19-20-16/h2-3,6-9,12-13H,4-5,10-11H2,1H3,(H,19,20). The van der Waals surface area contributed by atoms with E-state index in [9.17, 15) is 4.79 Å². The fourth-order valence-corrected chi connectivity index (χ4v) is 3.59. The van der Waals surface area contributed by atoms with Crippen molar-refractivity contribution in [3.05, 3.63) is 54.0 Å². The van der Waals surface area contributed by atoms with Crippen LogP contribution in [0.4, 0.5) is 0 Å². The molecule has 0 spiro atoms. The van der Waals surface area contributed by atoms with Gasteiger partial charge in [-0.25, -0.2) is 0 Å². The SMILES string of the molecule is Cn1cc(C(=O)N2CCCC(c3ccn[nH]3)C2)c2ccccc21. The summed E-state index contributed by atoms with van der Waals surface area (Å²) in [6.07, 6.45) is 5.86. The first kappa shape index (κ1) is 14.1.